The van der Waals surface area contributed by atoms with Crippen molar-refractivity contribution in [1.29, 1.82) is 0 Å². The molecule has 0 aromatic carbocycles. The third kappa shape index (κ3) is 2.96. The van der Waals surface area contributed by atoms with Gasteiger partial charge in [0.2, 0.25) is 5.91 Å². The molecule has 1 saturated heterocycles. The molecular weight excluding hydrogens is 186 g/mol. The molecule has 1 aliphatic heterocycles. The van der Waals surface area contributed by atoms with Crippen LogP contribution in [0.1, 0.15) is 59.3 Å². The van der Waals surface area contributed by atoms with Gasteiger partial charge in [-0.3, -0.25) is 4.79 Å². The lowest BCUT2D eigenvalue weighted by Crippen LogP contribution is -2.44. The van der Waals surface area contributed by atoms with Gasteiger partial charge in [-0.2, -0.15) is 0 Å². The molecular formula is C13H25NO. The van der Waals surface area contributed by atoms with Gasteiger partial charge in [0.05, 0.1) is 0 Å². The molecule has 0 bridgehead atoms. The number of nitrogens with zero attached hydrogens (tertiary/aromatic N) is 1. The van der Waals surface area contributed by atoms with Gasteiger partial charge in [0.1, 0.15) is 0 Å². The Morgan fingerprint density at radius 1 is 1.20 bits per heavy atom. The van der Waals surface area contributed by atoms with Crippen LogP contribution in [0.25, 0.3) is 0 Å². The molecule has 88 valence electrons. The molecule has 0 radical (unpaired) electrons. The highest BCUT2D eigenvalue weighted by molar-refractivity contribution is 5.82. The summed E-state index contributed by atoms with van der Waals surface area (Å²) in [5.74, 6) is 0.395. The van der Waals surface area contributed by atoms with Gasteiger partial charge in [-0.15, -0.1) is 0 Å². The summed E-state index contributed by atoms with van der Waals surface area (Å²) in [7, 11) is 0. The summed E-state index contributed by atoms with van der Waals surface area (Å²) in [4.78, 5) is 14.5. The van der Waals surface area contributed by atoms with Crippen LogP contribution in [-0.4, -0.2) is 23.9 Å². The normalized spacial score (nSPS) is 21.1. The molecule has 15 heavy (non-hydrogen) atoms. The maximum absolute atomic E-state index is 12.4. The molecule has 1 aliphatic rings. The molecule has 0 N–H and O–H groups in total. The average molecular weight is 211 g/mol. The summed E-state index contributed by atoms with van der Waals surface area (Å²) in [6, 6.07) is 0. The molecule has 2 nitrogen and oxygen atoms in total. The van der Waals surface area contributed by atoms with E-state index in [1.54, 1.807) is 0 Å². The van der Waals surface area contributed by atoms with E-state index in [9.17, 15) is 4.79 Å². The predicted molar refractivity (Wildman–Crippen MR) is 63.7 cm³/mol. The van der Waals surface area contributed by atoms with Crippen molar-refractivity contribution in [3.8, 4) is 0 Å². The number of carbonyl (C=O) groups excluding carboxylic acids is 1. The van der Waals surface area contributed by atoms with Crippen molar-refractivity contribution in [2.75, 3.05) is 13.1 Å². The van der Waals surface area contributed by atoms with Crippen LogP contribution in [0.4, 0.5) is 0 Å². The molecule has 0 aromatic rings. The molecule has 1 fully saturated rings. The standard InChI is InChI=1S/C13H25NO/c1-4-9-13(3,5-2)12(15)14-10-7-6-8-11-14/h4-11H2,1-3H3. The first-order valence-corrected chi connectivity index (χ1v) is 6.43. The van der Waals surface area contributed by atoms with Crippen LogP contribution in [0.15, 0.2) is 0 Å². The van der Waals surface area contributed by atoms with Crippen LogP contribution in [0, 0.1) is 5.41 Å². The summed E-state index contributed by atoms with van der Waals surface area (Å²) in [6.07, 6.45) is 6.77. The van der Waals surface area contributed by atoms with Crippen molar-refractivity contribution in [3.63, 3.8) is 0 Å². The Bertz CT molecular complexity index is 209. The minimum absolute atomic E-state index is 0.105. The molecule has 1 amide bonds. The zero-order valence-corrected chi connectivity index (χ0v) is 10.5. The Labute approximate surface area is 94.0 Å². The highest BCUT2D eigenvalue weighted by Gasteiger charge is 2.34. The van der Waals surface area contributed by atoms with Crippen LogP contribution in [-0.2, 0) is 4.79 Å². The third-order valence-corrected chi connectivity index (χ3v) is 3.74. The number of carbonyl (C=O) groups is 1. The van der Waals surface area contributed by atoms with Crippen molar-refractivity contribution < 1.29 is 4.79 Å². The molecule has 1 rings (SSSR count). The van der Waals surface area contributed by atoms with Crippen molar-refractivity contribution in [3.05, 3.63) is 0 Å². The number of piperidine rings is 1. The summed E-state index contributed by atoms with van der Waals surface area (Å²) < 4.78 is 0. The highest BCUT2D eigenvalue weighted by atomic mass is 16.2. The summed E-state index contributed by atoms with van der Waals surface area (Å²) in [5, 5.41) is 0. The van der Waals surface area contributed by atoms with E-state index in [1.165, 1.54) is 19.3 Å². The first-order chi connectivity index (χ1) is 7.14. The van der Waals surface area contributed by atoms with E-state index in [0.29, 0.717) is 5.91 Å². The van der Waals surface area contributed by atoms with E-state index in [1.807, 2.05) is 0 Å². The highest BCUT2D eigenvalue weighted by Crippen LogP contribution is 2.30. The van der Waals surface area contributed by atoms with E-state index in [0.717, 1.165) is 32.4 Å². The van der Waals surface area contributed by atoms with Gasteiger partial charge in [-0.05, 0) is 32.1 Å². The third-order valence-electron chi connectivity index (χ3n) is 3.74. The number of rotatable bonds is 4. The largest absolute Gasteiger partial charge is 0.342 e. The Morgan fingerprint density at radius 3 is 2.27 bits per heavy atom. The maximum Gasteiger partial charge on any atom is 0.228 e. The first kappa shape index (κ1) is 12.5. The smallest absolute Gasteiger partial charge is 0.228 e. The van der Waals surface area contributed by atoms with Crippen LogP contribution >= 0.6 is 0 Å². The molecule has 0 saturated carbocycles. The molecule has 2 heteroatoms. The minimum Gasteiger partial charge on any atom is -0.342 e. The van der Waals surface area contributed by atoms with E-state index in [4.69, 9.17) is 0 Å². The zero-order chi connectivity index (χ0) is 11.3. The summed E-state index contributed by atoms with van der Waals surface area (Å²) >= 11 is 0. The van der Waals surface area contributed by atoms with Crippen LogP contribution in [0.3, 0.4) is 0 Å². The predicted octanol–water partition coefficient (Wildman–Crippen LogP) is 3.22. The van der Waals surface area contributed by atoms with Crippen molar-refractivity contribution in [1.82, 2.24) is 4.90 Å². The molecule has 1 unspecified atom stereocenters. The van der Waals surface area contributed by atoms with Gasteiger partial charge in [0, 0.05) is 18.5 Å². The first-order valence-electron chi connectivity index (χ1n) is 6.43. The van der Waals surface area contributed by atoms with Gasteiger partial charge in [-0.1, -0.05) is 27.2 Å². The quantitative estimate of drug-likeness (QED) is 0.699. The van der Waals surface area contributed by atoms with E-state index >= 15 is 0 Å². The van der Waals surface area contributed by atoms with E-state index in [2.05, 4.69) is 25.7 Å². The fourth-order valence-electron chi connectivity index (χ4n) is 2.47. The second-order valence-corrected chi connectivity index (χ2v) is 5.02. The Balaban J connectivity index is 2.62. The van der Waals surface area contributed by atoms with Gasteiger partial charge in [0.25, 0.3) is 0 Å². The van der Waals surface area contributed by atoms with Crippen LogP contribution in [0.2, 0.25) is 0 Å². The second kappa shape index (κ2) is 5.53. The van der Waals surface area contributed by atoms with Crippen LogP contribution < -0.4 is 0 Å². The number of hydrogen-bond donors (Lipinski definition) is 0. The number of hydrogen-bond acceptors (Lipinski definition) is 1. The Hall–Kier alpha value is -0.530. The molecule has 0 aliphatic carbocycles. The molecule has 0 aromatic heterocycles. The number of amides is 1. The lowest BCUT2D eigenvalue weighted by Gasteiger charge is -2.36. The van der Waals surface area contributed by atoms with Gasteiger partial charge < -0.3 is 4.90 Å². The minimum atomic E-state index is -0.105. The Kier molecular flexibility index (Phi) is 4.62. The second-order valence-electron chi connectivity index (χ2n) is 5.02. The maximum atomic E-state index is 12.4. The summed E-state index contributed by atoms with van der Waals surface area (Å²) in [5.41, 5.74) is -0.105. The van der Waals surface area contributed by atoms with Crippen molar-refractivity contribution in [2.45, 2.75) is 59.3 Å². The fourth-order valence-corrected chi connectivity index (χ4v) is 2.47. The monoisotopic (exact) mass is 211 g/mol. The fraction of sp³-hybridized carbons (Fsp3) is 0.923. The molecule has 1 atom stereocenters. The summed E-state index contributed by atoms with van der Waals surface area (Å²) in [6.45, 7) is 8.40. The molecule has 0 spiro atoms. The lowest BCUT2D eigenvalue weighted by molar-refractivity contribution is -0.142. The average Bonchev–Trinajstić information content (AvgIpc) is 2.29. The number of likely N-dealkylation sites (tertiary alicyclic amines) is 1. The van der Waals surface area contributed by atoms with Crippen molar-refractivity contribution in [2.24, 2.45) is 5.41 Å². The lowest BCUT2D eigenvalue weighted by atomic mass is 9.81. The van der Waals surface area contributed by atoms with Gasteiger partial charge >= 0.3 is 0 Å². The molecule has 1 heterocycles. The van der Waals surface area contributed by atoms with Gasteiger partial charge in [0.15, 0.2) is 0 Å². The van der Waals surface area contributed by atoms with Crippen LogP contribution in [0.5, 0.6) is 0 Å². The Morgan fingerprint density at radius 2 is 1.80 bits per heavy atom. The topological polar surface area (TPSA) is 20.3 Å². The van der Waals surface area contributed by atoms with E-state index in [-0.39, 0.29) is 5.41 Å². The zero-order valence-electron chi connectivity index (χ0n) is 10.5. The van der Waals surface area contributed by atoms with E-state index < -0.39 is 0 Å². The van der Waals surface area contributed by atoms with Gasteiger partial charge in [-0.25, -0.2) is 0 Å². The van der Waals surface area contributed by atoms with Crippen molar-refractivity contribution >= 4 is 5.91 Å². The SMILES string of the molecule is CCCC(C)(CC)C(=O)N1CCCCC1.